The maximum Gasteiger partial charge on any atom is 0.352 e. The van der Waals surface area contributed by atoms with Gasteiger partial charge in [-0.1, -0.05) is 11.2 Å². The lowest BCUT2D eigenvalue weighted by atomic mass is 10.0. The summed E-state index contributed by atoms with van der Waals surface area (Å²) in [5.74, 6) is -2.69. The number of carbonyl (C=O) groups is 4. The first-order valence-corrected chi connectivity index (χ1v) is 12.5. The molecule has 1 aromatic rings. The van der Waals surface area contributed by atoms with Crippen LogP contribution in [0.2, 0.25) is 0 Å². The Labute approximate surface area is 214 Å². The number of nitrogen functional groups attached to an aromatic ring is 1. The van der Waals surface area contributed by atoms with Gasteiger partial charge in [0.1, 0.15) is 24.2 Å². The van der Waals surface area contributed by atoms with Crippen molar-refractivity contribution in [1.82, 2.24) is 19.6 Å². The molecule has 1 fully saturated rings. The van der Waals surface area contributed by atoms with Crippen LogP contribution in [-0.4, -0.2) is 105 Å². The molecule has 3 rings (SSSR count). The zero-order valence-corrected chi connectivity index (χ0v) is 21.5. The molecule has 0 bridgehead atoms. The number of thioether (sulfide) groups is 1. The topological polar surface area (TPSA) is 203 Å². The molecule has 14 nitrogen and oxygen atoms in total. The second-order valence-electron chi connectivity index (χ2n) is 8.58. The van der Waals surface area contributed by atoms with Crippen molar-refractivity contribution >= 4 is 57.8 Å². The molecule has 2 atom stereocenters. The summed E-state index contributed by atoms with van der Waals surface area (Å²) in [5.41, 5.74) is 10.9. The van der Waals surface area contributed by atoms with E-state index in [0.29, 0.717) is 28.9 Å². The van der Waals surface area contributed by atoms with Gasteiger partial charge in [0, 0.05) is 17.3 Å². The molecule has 16 heteroatoms. The zero-order valence-electron chi connectivity index (χ0n) is 19.8. The third-order valence-corrected chi connectivity index (χ3v) is 7.27. The second kappa shape index (κ2) is 11.0. The number of fused-ring (bicyclic) bond motifs is 1. The van der Waals surface area contributed by atoms with Crippen LogP contribution in [0.3, 0.4) is 0 Å². The molecule has 2 aliphatic heterocycles. The predicted octanol–water partition coefficient (Wildman–Crippen LogP) is -1.28. The van der Waals surface area contributed by atoms with Gasteiger partial charge in [0.05, 0.1) is 33.6 Å². The van der Waals surface area contributed by atoms with Gasteiger partial charge in [-0.25, -0.2) is 4.79 Å². The smallest absolute Gasteiger partial charge is 0.352 e. The highest BCUT2D eigenvalue weighted by atomic mass is 32.2. The number of likely N-dealkylation sites (N-methyl/N-ethyl adjacent to an activating group) is 1. The van der Waals surface area contributed by atoms with Crippen LogP contribution in [0.5, 0.6) is 0 Å². The first kappa shape index (κ1) is 27.1. The standard InChI is InChI=1S/C20H26N8O6S2/c1-28(2,8-6-11(21)29)7-4-5-10-9-35-18-13(17(31)27(18)14(10)19(32)33)23-16(30)12(25-34-3)15-24-20(22)36-26-15/h4-5,13,18H,6-9H2,1-3H3,(H5-,21,22,23,24,26,29,30,32,33)/p+1/t13-,18+/m1/s1. The monoisotopic (exact) mass is 539 g/mol. The summed E-state index contributed by atoms with van der Waals surface area (Å²) in [7, 11) is 5.09. The van der Waals surface area contributed by atoms with E-state index >= 15 is 0 Å². The molecule has 3 heterocycles. The van der Waals surface area contributed by atoms with E-state index in [1.165, 1.54) is 23.8 Å². The number of rotatable bonds is 11. The summed E-state index contributed by atoms with van der Waals surface area (Å²) in [5, 5.41) is 15.6. The molecule has 0 aliphatic carbocycles. The number of aliphatic carboxylic acids is 1. The zero-order chi connectivity index (χ0) is 26.6. The number of nitrogens with one attached hydrogen (secondary N) is 1. The van der Waals surface area contributed by atoms with Gasteiger partial charge in [0.15, 0.2) is 5.13 Å². The van der Waals surface area contributed by atoms with Crippen molar-refractivity contribution in [1.29, 1.82) is 0 Å². The van der Waals surface area contributed by atoms with Crippen molar-refractivity contribution < 1.29 is 33.6 Å². The van der Waals surface area contributed by atoms with Gasteiger partial charge in [0.25, 0.3) is 11.8 Å². The van der Waals surface area contributed by atoms with Crippen LogP contribution in [0.15, 0.2) is 28.6 Å². The van der Waals surface area contributed by atoms with Crippen LogP contribution in [0.25, 0.3) is 0 Å². The van der Waals surface area contributed by atoms with Gasteiger partial charge in [-0.05, 0) is 11.6 Å². The molecule has 0 unspecified atom stereocenters. The number of hydrogen-bond donors (Lipinski definition) is 4. The molecule has 0 saturated carbocycles. The summed E-state index contributed by atoms with van der Waals surface area (Å²) in [6.45, 7) is 1.06. The molecule has 0 spiro atoms. The average Bonchev–Trinajstić information content (AvgIpc) is 3.24. The fourth-order valence-electron chi connectivity index (χ4n) is 3.57. The normalized spacial score (nSPS) is 20.2. The van der Waals surface area contributed by atoms with E-state index in [0.717, 1.165) is 11.5 Å². The number of quaternary nitrogens is 1. The lowest BCUT2D eigenvalue weighted by Gasteiger charge is -2.49. The Bertz CT molecular complexity index is 1160. The van der Waals surface area contributed by atoms with Gasteiger partial charge in [0.2, 0.25) is 17.4 Å². The van der Waals surface area contributed by atoms with E-state index in [1.807, 2.05) is 20.2 Å². The molecule has 1 aromatic heterocycles. The lowest BCUT2D eigenvalue weighted by Crippen LogP contribution is -2.71. The fraction of sp³-hybridized carbons (Fsp3) is 0.450. The maximum atomic E-state index is 12.9. The number of nitrogens with two attached hydrogens (primary N) is 2. The molecule has 6 N–H and O–H groups in total. The summed E-state index contributed by atoms with van der Waals surface area (Å²) in [6, 6.07) is -0.968. The van der Waals surface area contributed by atoms with Crippen LogP contribution in [-0.2, 0) is 24.0 Å². The van der Waals surface area contributed by atoms with Crippen molar-refractivity contribution in [3.63, 3.8) is 0 Å². The Hall–Kier alpha value is -3.50. The Morgan fingerprint density at radius 2 is 2.11 bits per heavy atom. The first-order chi connectivity index (χ1) is 16.9. The number of amides is 3. The molecule has 3 amide bonds. The number of hydrogen-bond acceptors (Lipinski definition) is 11. The van der Waals surface area contributed by atoms with Crippen LogP contribution < -0.4 is 16.8 Å². The Morgan fingerprint density at radius 3 is 2.69 bits per heavy atom. The van der Waals surface area contributed by atoms with E-state index in [4.69, 9.17) is 16.3 Å². The van der Waals surface area contributed by atoms with Gasteiger partial charge in [-0.2, -0.15) is 9.36 Å². The minimum atomic E-state index is -1.25. The van der Waals surface area contributed by atoms with Crippen molar-refractivity contribution in [3.8, 4) is 0 Å². The second-order valence-corrected chi connectivity index (χ2v) is 10.5. The minimum absolute atomic E-state index is 0.0486. The summed E-state index contributed by atoms with van der Waals surface area (Å²) in [4.78, 5) is 58.6. The van der Waals surface area contributed by atoms with Crippen molar-refractivity contribution in [3.05, 3.63) is 29.2 Å². The number of allylic oxidation sites excluding steroid dienone is 1. The molecule has 0 aromatic carbocycles. The Morgan fingerprint density at radius 1 is 1.39 bits per heavy atom. The van der Waals surface area contributed by atoms with Gasteiger partial charge < -0.3 is 31.2 Å². The molecular weight excluding hydrogens is 512 g/mol. The Kier molecular flexibility index (Phi) is 8.31. The summed E-state index contributed by atoms with van der Waals surface area (Å²) >= 11 is 2.19. The third kappa shape index (κ3) is 6.00. The first-order valence-electron chi connectivity index (χ1n) is 10.6. The third-order valence-electron chi connectivity index (χ3n) is 5.42. The molecule has 2 aliphatic rings. The number of aromatic nitrogens is 2. The van der Waals surface area contributed by atoms with E-state index in [9.17, 15) is 24.3 Å². The van der Waals surface area contributed by atoms with Crippen molar-refractivity contribution in [2.75, 3.05) is 45.8 Å². The number of nitrogens with zero attached hydrogens (tertiary/aromatic N) is 5. The van der Waals surface area contributed by atoms with E-state index in [1.54, 1.807) is 6.08 Å². The van der Waals surface area contributed by atoms with Gasteiger partial charge in [-0.3, -0.25) is 19.3 Å². The van der Waals surface area contributed by atoms with E-state index in [-0.39, 0.29) is 34.7 Å². The minimum Gasteiger partial charge on any atom is -0.477 e. The molecular formula is C20H27N8O6S2+. The number of primary amides is 1. The average molecular weight is 540 g/mol. The highest BCUT2D eigenvalue weighted by Crippen LogP contribution is 2.40. The highest BCUT2D eigenvalue weighted by molar-refractivity contribution is 8.00. The fourth-order valence-corrected chi connectivity index (χ4v) is 5.32. The largest absolute Gasteiger partial charge is 0.477 e. The van der Waals surface area contributed by atoms with Crippen LogP contribution in [0, 0.1) is 0 Å². The molecule has 36 heavy (non-hydrogen) atoms. The Balaban J connectivity index is 1.73. The molecule has 194 valence electrons. The number of β-lactam (4-membered cyclic amide) rings is 1. The number of carbonyl (C=O) groups excluding carboxylic acids is 3. The van der Waals surface area contributed by atoms with Crippen LogP contribution in [0.1, 0.15) is 12.2 Å². The van der Waals surface area contributed by atoms with Crippen LogP contribution in [0.4, 0.5) is 5.13 Å². The lowest BCUT2D eigenvalue weighted by molar-refractivity contribution is -0.883. The quantitative estimate of drug-likeness (QED) is 0.113. The number of carboxylic acid groups (broad SMARTS) is 1. The predicted molar refractivity (Wildman–Crippen MR) is 132 cm³/mol. The van der Waals surface area contributed by atoms with Gasteiger partial charge in [-0.15, -0.1) is 11.8 Å². The summed E-state index contributed by atoms with van der Waals surface area (Å²) < 4.78 is 4.41. The molecule has 0 radical (unpaired) electrons. The summed E-state index contributed by atoms with van der Waals surface area (Å²) in [6.07, 6.45) is 3.72. The molecule has 1 saturated heterocycles. The number of anilines is 1. The number of carboxylic acids is 1. The van der Waals surface area contributed by atoms with Crippen molar-refractivity contribution in [2.24, 2.45) is 10.9 Å². The highest BCUT2D eigenvalue weighted by Gasteiger charge is 2.54. The number of oxime groups is 1. The van der Waals surface area contributed by atoms with Crippen LogP contribution >= 0.6 is 23.3 Å². The van der Waals surface area contributed by atoms with E-state index in [2.05, 4.69) is 19.8 Å². The maximum absolute atomic E-state index is 12.9. The van der Waals surface area contributed by atoms with Crippen molar-refractivity contribution in [2.45, 2.75) is 17.8 Å². The van der Waals surface area contributed by atoms with Gasteiger partial charge >= 0.3 is 5.97 Å². The van der Waals surface area contributed by atoms with E-state index < -0.39 is 29.2 Å². The SMILES string of the molecule is CON=C(C(=O)N[C@@H]1C(=O)N2C(C(=O)O)=C(C=CC[N+](C)(C)CCC(N)=O)CS[C@@H]12)c1nsc(N)n1.